The Morgan fingerprint density at radius 1 is 1.29 bits per heavy atom. The van der Waals surface area contributed by atoms with Gasteiger partial charge in [0.15, 0.2) is 0 Å². The van der Waals surface area contributed by atoms with E-state index in [4.69, 9.17) is 4.74 Å². The first-order valence-electron chi connectivity index (χ1n) is 5.17. The smallest absolute Gasteiger partial charge is 0.324 e. The quantitative estimate of drug-likeness (QED) is 0.577. The molecule has 4 heteroatoms. The van der Waals surface area contributed by atoms with E-state index >= 15 is 0 Å². The van der Waals surface area contributed by atoms with Gasteiger partial charge >= 0.3 is 5.97 Å². The van der Waals surface area contributed by atoms with Crippen molar-refractivity contribution < 1.29 is 9.53 Å². The second kappa shape index (κ2) is 3.21. The van der Waals surface area contributed by atoms with Gasteiger partial charge in [-0.3, -0.25) is 4.79 Å². The maximum absolute atomic E-state index is 11.7. The molecule has 80 valence electrons. The van der Waals surface area contributed by atoms with Gasteiger partial charge in [-0.1, -0.05) is 0 Å². The molecule has 2 rings (SSSR count). The van der Waals surface area contributed by atoms with Gasteiger partial charge in [0, 0.05) is 25.0 Å². The predicted molar refractivity (Wildman–Crippen MR) is 52.9 cm³/mol. The van der Waals surface area contributed by atoms with Crippen LogP contribution in [0.4, 0.5) is 0 Å². The number of nitrogens with one attached hydrogen (secondary N) is 2. The van der Waals surface area contributed by atoms with Crippen molar-refractivity contribution in [1.82, 2.24) is 10.6 Å². The van der Waals surface area contributed by atoms with E-state index in [2.05, 4.69) is 10.6 Å². The predicted octanol–water partition coefficient (Wildman–Crippen LogP) is -0.112. The molecule has 1 unspecified atom stereocenters. The second-order valence-corrected chi connectivity index (χ2v) is 5.10. The molecule has 0 radical (unpaired) electrons. The third kappa shape index (κ3) is 1.77. The lowest BCUT2D eigenvalue weighted by molar-refractivity contribution is -0.158. The van der Waals surface area contributed by atoms with Crippen LogP contribution in [0.25, 0.3) is 0 Å². The molecule has 0 aliphatic carbocycles. The van der Waals surface area contributed by atoms with Crippen LogP contribution in [-0.4, -0.2) is 36.7 Å². The van der Waals surface area contributed by atoms with Crippen molar-refractivity contribution in [2.24, 2.45) is 5.92 Å². The summed E-state index contributed by atoms with van der Waals surface area (Å²) in [7, 11) is 0. The van der Waals surface area contributed by atoms with Crippen LogP contribution >= 0.6 is 0 Å². The van der Waals surface area contributed by atoms with E-state index in [0.29, 0.717) is 12.0 Å². The summed E-state index contributed by atoms with van der Waals surface area (Å²) in [6, 6.07) is 0.382. The first-order valence-corrected chi connectivity index (χ1v) is 5.17. The van der Waals surface area contributed by atoms with E-state index in [-0.39, 0.29) is 17.6 Å². The molecule has 2 fully saturated rings. The maximum Gasteiger partial charge on any atom is 0.324 e. The average Bonchev–Trinajstić information content (AvgIpc) is 2.22. The number of fused-ring (bicyclic) bond motifs is 1. The highest BCUT2D eigenvalue weighted by Gasteiger charge is 2.46. The van der Waals surface area contributed by atoms with Crippen molar-refractivity contribution in [3.8, 4) is 0 Å². The molecule has 0 amide bonds. The summed E-state index contributed by atoms with van der Waals surface area (Å²) in [6.45, 7) is 7.51. The first kappa shape index (κ1) is 9.93. The van der Waals surface area contributed by atoms with E-state index in [1.807, 2.05) is 20.8 Å². The van der Waals surface area contributed by atoms with Crippen LogP contribution in [0.15, 0.2) is 0 Å². The molecule has 0 aromatic carbocycles. The Labute approximate surface area is 84.4 Å². The third-order valence-corrected chi connectivity index (χ3v) is 2.78. The molecule has 0 aromatic heterocycles. The Kier molecular flexibility index (Phi) is 2.27. The molecule has 2 heterocycles. The summed E-state index contributed by atoms with van der Waals surface area (Å²) in [5, 5.41) is 6.49. The Bertz CT molecular complexity index is 247. The number of ether oxygens (including phenoxy) is 1. The maximum atomic E-state index is 11.7. The lowest BCUT2D eigenvalue weighted by Gasteiger charge is -2.34. The van der Waals surface area contributed by atoms with Crippen LogP contribution in [0.5, 0.6) is 0 Å². The van der Waals surface area contributed by atoms with Gasteiger partial charge in [-0.05, 0) is 20.8 Å². The van der Waals surface area contributed by atoms with Gasteiger partial charge in [-0.2, -0.15) is 0 Å². The number of carbonyl (C=O) groups is 1. The fourth-order valence-corrected chi connectivity index (χ4v) is 2.02. The molecule has 4 nitrogen and oxygen atoms in total. The van der Waals surface area contributed by atoms with Crippen LogP contribution in [0.3, 0.4) is 0 Å². The Hall–Kier alpha value is -0.610. The zero-order valence-electron chi connectivity index (χ0n) is 8.96. The number of hydrogen-bond acceptors (Lipinski definition) is 4. The molecule has 0 bridgehead atoms. The Morgan fingerprint density at radius 3 is 2.43 bits per heavy atom. The van der Waals surface area contributed by atoms with Crippen LogP contribution in [0.2, 0.25) is 0 Å². The van der Waals surface area contributed by atoms with Crippen molar-refractivity contribution in [3.05, 3.63) is 0 Å². The molecule has 14 heavy (non-hydrogen) atoms. The molecular weight excluding hydrogens is 180 g/mol. The minimum absolute atomic E-state index is 0.0968. The van der Waals surface area contributed by atoms with Gasteiger partial charge in [0.05, 0.1) is 0 Å². The second-order valence-electron chi connectivity index (χ2n) is 5.10. The van der Waals surface area contributed by atoms with Crippen molar-refractivity contribution in [2.45, 2.75) is 38.5 Å². The van der Waals surface area contributed by atoms with Crippen LogP contribution in [0.1, 0.15) is 20.8 Å². The fourth-order valence-electron chi connectivity index (χ4n) is 2.02. The number of rotatable bonds is 1. The van der Waals surface area contributed by atoms with E-state index < -0.39 is 0 Å². The fraction of sp³-hybridized carbons (Fsp3) is 0.900. The summed E-state index contributed by atoms with van der Waals surface area (Å²) in [4.78, 5) is 11.7. The van der Waals surface area contributed by atoms with Crippen LogP contribution in [0, 0.1) is 5.92 Å². The van der Waals surface area contributed by atoms with Crippen molar-refractivity contribution in [1.29, 1.82) is 0 Å². The minimum atomic E-state index is -0.381. The lowest BCUT2D eigenvalue weighted by Crippen LogP contribution is -2.56. The molecule has 2 saturated heterocycles. The van der Waals surface area contributed by atoms with E-state index in [0.717, 1.165) is 13.1 Å². The van der Waals surface area contributed by atoms with E-state index in [1.165, 1.54) is 0 Å². The van der Waals surface area contributed by atoms with Crippen LogP contribution in [-0.2, 0) is 9.53 Å². The zero-order chi connectivity index (χ0) is 10.3. The number of hydrogen-bond donors (Lipinski definition) is 2. The topological polar surface area (TPSA) is 50.4 Å². The minimum Gasteiger partial charge on any atom is -0.459 e. The number of esters is 1. The molecule has 3 atom stereocenters. The highest BCUT2D eigenvalue weighted by Crippen LogP contribution is 2.25. The van der Waals surface area contributed by atoms with Gasteiger partial charge in [-0.15, -0.1) is 0 Å². The number of carbonyl (C=O) groups excluding carboxylic acids is 1. The van der Waals surface area contributed by atoms with Gasteiger partial charge < -0.3 is 15.4 Å². The Morgan fingerprint density at radius 2 is 2.00 bits per heavy atom. The highest BCUT2D eigenvalue weighted by atomic mass is 16.6. The average molecular weight is 198 g/mol. The zero-order valence-corrected chi connectivity index (χ0v) is 8.96. The first-order chi connectivity index (χ1) is 6.47. The monoisotopic (exact) mass is 198 g/mol. The summed E-state index contributed by atoms with van der Waals surface area (Å²) in [5.74, 6) is 0.330. The lowest BCUT2D eigenvalue weighted by atomic mass is 9.89. The molecule has 2 N–H and O–H groups in total. The van der Waals surface area contributed by atoms with Crippen molar-refractivity contribution in [2.75, 3.05) is 13.1 Å². The van der Waals surface area contributed by atoms with Gasteiger partial charge in [0.25, 0.3) is 0 Å². The molecule has 2 aliphatic heterocycles. The van der Waals surface area contributed by atoms with Crippen molar-refractivity contribution >= 4 is 5.97 Å². The molecule has 0 spiro atoms. The largest absolute Gasteiger partial charge is 0.459 e. The van der Waals surface area contributed by atoms with Gasteiger partial charge in [0.2, 0.25) is 0 Å². The third-order valence-electron chi connectivity index (χ3n) is 2.78. The van der Waals surface area contributed by atoms with E-state index in [1.54, 1.807) is 0 Å². The summed E-state index contributed by atoms with van der Waals surface area (Å²) in [5.41, 5.74) is -0.381. The summed E-state index contributed by atoms with van der Waals surface area (Å²) >= 11 is 0. The SMILES string of the molecule is CC(C)(C)OC(=O)C1NC[C@@H]2NC[C@@H]12. The molecule has 0 saturated carbocycles. The summed E-state index contributed by atoms with van der Waals surface area (Å²) in [6.07, 6.45) is 0. The molecule has 0 aromatic rings. The molecule has 2 aliphatic rings. The van der Waals surface area contributed by atoms with E-state index in [9.17, 15) is 4.79 Å². The highest BCUT2D eigenvalue weighted by molar-refractivity contribution is 5.77. The van der Waals surface area contributed by atoms with Gasteiger partial charge in [-0.25, -0.2) is 0 Å². The normalized spacial score (nSPS) is 36.1. The summed E-state index contributed by atoms with van der Waals surface area (Å²) < 4.78 is 5.35. The molecular formula is C10H18N2O2. The Balaban J connectivity index is 1.92. The standard InChI is InChI=1S/C10H18N2O2/c1-10(2,3)14-9(13)8-6-4-11-7(6)5-12-8/h6-8,11-12H,4-5H2,1-3H3/t6-,7+,8?/m1/s1. The van der Waals surface area contributed by atoms with Crippen LogP contribution < -0.4 is 10.6 Å². The van der Waals surface area contributed by atoms with Crippen molar-refractivity contribution in [3.63, 3.8) is 0 Å². The van der Waals surface area contributed by atoms with Gasteiger partial charge in [0.1, 0.15) is 11.6 Å².